The maximum atomic E-state index is 5.91. The molecule has 1 aromatic carbocycles. The molecule has 1 aliphatic rings. The van der Waals surface area contributed by atoms with Crippen LogP contribution in [-0.2, 0) is 0 Å². The van der Waals surface area contributed by atoms with E-state index in [1.54, 1.807) is 0 Å². The number of anilines is 1. The number of nitrogens with zero attached hydrogens (tertiary/aromatic N) is 4. The monoisotopic (exact) mass is 467 g/mol. The largest absolute Gasteiger partial charge is 0.351 e. The maximum absolute atomic E-state index is 5.91. The van der Waals surface area contributed by atoms with Gasteiger partial charge >= 0.3 is 0 Å². The third-order valence-corrected chi connectivity index (χ3v) is 7.10. The van der Waals surface area contributed by atoms with Gasteiger partial charge in [0.15, 0.2) is 5.11 Å². The van der Waals surface area contributed by atoms with Crippen LogP contribution in [0.15, 0.2) is 67.0 Å². The molecule has 4 aromatic rings. The lowest BCUT2D eigenvalue weighted by molar-refractivity contribution is 0.565. The first-order chi connectivity index (χ1) is 16.3. The summed E-state index contributed by atoms with van der Waals surface area (Å²) in [5, 5.41) is 4.29. The summed E-state index contributed by atoms with van der Waals surface area (Å²) in [6.07, 6.45) is 3.71. The van der Waals surface area contributed by atoms with Crippen LogP contribution in [0.4, 0.5) is 5.69 Å². The van der Waals surface area contributed by atoms with Gasteiger partial charge in [0.2, 0.25) is 0 Å². The predicted molar refractivity (Wildman–Crippen MR) is 142 cm³/mol. The van der Waals surface area contributed by atoms with Crippen molar-refractivity contribution < 1.29 is 0 Å². The first kappa shape index (κ1) is 22.3. The molecule has 0 amide bonds. The van der Waals surface area contributed by atoms with E-state index in [0.717, 1.165) is 28.6 Å². The summed E-state index contributed by atoms with van der Waals surface area (Å²) in [5.74, 6) is 0.932. The molecule has 5 nitrogen and oxygen atoms in total. The highest BCUT2D eigenvalue weighted by Gasteiger charge is 2.42. The third kappa shape index (κ3) is 3.78. The zero-order valence-corrected chi connectivity index (χ0v) is 21.0. The Hall–Kier alpha value is -3.51. The number of hydrogen-bond acceptors (Lipinski definition) is 3. The van der Waals surface area contributed by atoms with Gasteiger partial charge in [0.25, 0.3) is 0 Å². The molecule has 0 spiro atoms. The van der Waals surface area contributed by atoms with Crippen LogP contribution in [0, 0.1) is 34.6 Å². The Morgan fingerprint density at radius 1 is 0.853 bits per heavy atom. The van der Waals surface area contributed by atoms with Crippen LogP contribution in [0.2, 0.25) is 0 Å². The normalized spacial score (nSPS) is 17.8. The molecule has 1 saturated heterocycles. The van der Waals surface area contributed by atoms with Crippen molar-refractivity contribution in [2.45, 2.75) is 46.7 Å². The molecule has 172 valence electrons. The minimum absolute atomic E-state index is 0.0470. The van der Waals surface area contributed by atoms with Crippen LogP contribution in [0.1, 0.15) is 51.4 Å². The summed E-state index contributed by atoms with van der Waals surface area (Å²) in [4.78, 5) is 11.6. The number of rotatable bonds is 4. The van der Waals surface area contributed by atoms with Crippen LogP contribution in [0.25, 0.3) is 5.82 Å². The van der Waals surface area contributed by atoms with Gasteiger partial charge in [0, 0.05) is 29.5 Å². The Labute approximate surface area is 206 Å². The van der Waals surface area contributed by atoms with Gasteiger partial charge in [-0.2, -0.15) is 0 Å². The zero-order chi connectivity index (χ0) is 24.0. The number of hydrogen-bond donors (Lipinski definition) is 1. The fourth-order valence-electron chi connectivity index (χ4n) is 4.91. The Balaban J connectivity index is 1.69. The van der Waals surface area contributed by atoms with Crippen molar-refractivity contribution in [1.29, 1.82) is 0 Å². The number of aryl methyl sites for hydroxylation is 4. The summed E-state index contributed by atoms with van der Waals surface area (Å²) in [5.41, 5.74) is 9.26. The van der Waals surface area contributed by atoms with Crippen molar-refractivity contribution in [1.82, 2.24) is 19.9 Å². The van der Waals surface area contributed by atoms with E-state index >= 15 is 0 Å². The highest BCUT2D eigenvalue weighted by atomic mass is 32.1. The molecule has 0 bridgehead atoms. The number of nitrogens with one attached hydrogen (secondary N) is 1. The van der Waals surface area contributed by atoms with Crippen molar-refractivity contribution in [3.05, 3.63) is 106 Å². The number of benzene rings is 1. The molecule has 1 N–H and O–H groups in total. The molecule has 0 unspecified atom stereocenters. The van der Waals surface area contributed by atoms with E-state index in [2.05, 4.69) is 90.8 Å². The van der Waals surface area contributed by atoms with Gasteiger partial charge in [-0.25, -0.2) is 4.98 Å². The van der Waals surface area contributed by atoms with Crippen molar-refractivity contribution in [3.63, 3.8) is 0 Å². The zero-order valence-electron chi connectivity index (χ0n) is 20.2. The van der Waals surface area contributed by atoms with E-state index in [1.165, 1.54) is 22.3 Å². The Morgan fingerprint density at radius 2 is 1.68 bits per heavy atom. The summed E-state index contributed by atoms with van der Waals surface area (Å²) >= 11 is 5.91. The van der Waals surface area contributed by atoms with Gasteiger partial charge in [-0.3, -0.25) is 4.98 Å². The second kappa shape index (κ2) is 8.69. The van der Waals surface area contributed by atoms with E-state index < -0.39 is 0 Å². The van der Waals surface area contributed by atoms with Gasteiger partial charge < -0.3 is 14.8 Å². The summed E-state index contributed by atoms with van der Waals surface area (Å²) in [7, 11) is 0. The predicted octanol–water partition coefficient (Wildman–Crippen LogP) is 5.99. The summed E-state index contributed by atoms with van der Waals surface area (Å²) in [6, 6.07) is 18.9. The Morgan fingerprint density at radius 3 is 2.38 bits per heavy atom. The number of aromatic nitrogens is 3. The molecule has 0 aliphatic carbocycles. The lowest BCUT2D eigenvalue weighted by Crippen LogP contribution is -2.29. The molecule has 0 radical (unpaired) electrons. The third-order valence-electron chi connectivity index (χ3n) is 6.79. The molecule has 34 heavy (non-hydrogen) atoms. The van der Waals surface area contributed by atoms with E-state index in [9.17, 15) is 0 Å². The molecular formula is C28H29N5S. The number of thiocarbonyl (C=S) groups is 1. The van der Waals surface area contributed by atoms with E-state index in [1.807, 2.05) is 30.6 Å². The molecule has 3 aromatic heterocycles. The van der Waals surface area contributed by atoms with Crippen molar-refractivity contribution >= 4 is 23.0 Å². The smallest absolute Gasteiger partial charge is 0.174 e. The summed E-state index contributed by atoms with van der Waals surface area (Å²) in [6.45, 7) is 10.7. The second-order valence-electron chi connectivity index (χ2n) is 9.12. The molecule has 4 heterocycles. The Bertz CT molecular complexity index is 1380. The minimum Gasteiger partial charge on any atom is -0.351 e. The van der Waals surface area contributed by atoms with Gasteiger partial charge in [0.1, 0.15) is 5.82 Å². The van der Waals surface area contributed by atoms with Gasteiger partial charge in [-0.05, 0) is 112 Å². The lowest BCUT2D eigenvalue weighted by atomic mass is 9.96. The molecule has 5 rings (SSSR count). The van der Waals surface area contributed by atoms with Crippen molar-refractivity contribution in [3.8, 4) is 5.82 Å². The molecule has 1 aliphatic heterocycles. The quantitative estimate of drug-likeness (QED) is 0.374. The van der Waals surface area contributed by atoms with Crippen molar-refractivity contribution in [2.75, 3.05) is 4.90 Å². The number of pyridine rings is 2. The van der Waals surface area contributed by atoms with E-state index in [0.29, 0.717) is 5.11 Å². The average molecular weight is 468 g/mol. The first-order valence-corrected chi connectivity index (χ1v) is 12.0. The van der Waals surface area contributed by atoms with Crippen LogP contribution < -0.4 is 10.2 Å². The molecule has 2 atom stereocenters. The van der Waals surface area contributed by atoms with Crippen LogP contribution in [0.3, 0.4) is 0 Å². The SMILES string of the molecule is Cc1ccnc(-n2c(C)cc([C@@H]3[C@@H](c4ccccn4)NC(=S)N3c3ccc(C)c(C)c3)c2C)c1. The molecule has 1 fully saturated rings. The highest BCUT2D eigenvalue weighted by Crippen LogP contribution is 2.43. The first-order valence-electron chi connectivity index (χ1n) is 11.5. The maximum Gasteiger partial charge on any atom is 0.174 e. The molecule has 6 heteroatoms. The fraction of sp³-hybridized carbons (Fsp3) is 0.250. The Kier molecular flexibility index (Phi) is 5.70. The summed E-state index contributed by atoms with van der Waals surface area (Å²) < 4.78 is 2.23. The standard InChI is InChI=1S/C28H29N5S/c1-17-11-13-30-25(14-17)32-20(4)16-23(21(32)5)27-26(24-8-6-7-12-29-24)31-28(34)33(27)22-10-9-18(2)19(3)15-22/h6-16,26-27H,1-5H3,(H,31,34)/t26-,27-/m1/s1. The minimum atomic E-state index is -0.0743. The average Bonchev–Trinajstić information content (AvgIpc) is 3.31. The fourth-order valence-corrected chi connectivity index (χ4v) is 5.25. The van der Waals surface area contributed by atoms with Gasteiger partial charge in [-0.1, -0.05) is 12.1 Å². The van der Waals surface area contributed by atoms with Crippen LogP contribution >= 0.6 is 12.2 Å². The lowest BCUT2D eigenvalue weighted by Gasteiger charge is -2.28. The van der Waals surface area contributed by atoms with E-state index in [-0.39, 0.29) is 12.1 Å². The highest BCUT2D eigenvalue weighted by molar-refractivity contribution is 7.80. The van der Waals surface area contributed by atoms with Crippen LogP contribution in [-0.4, -0.2) is 19.6 Å². The molecule has 0 saturated carbocycles. The van der Waals surface area contributed by atoms with Crippen molar-refractivity contribution in [2.24, 2.45) is 0 Å². The second-order valence-corrected chi connectivity index (χ2v) is 9.51. The molecular weight excluding hydrogens is 438 g/mol. The van der Waals surface area contributed by atoms with E-state index in [4.69, 9.17) is 17.2 Å². The van der Waals surface area contributed by atoms with Gasteiger partial charge in [-0.15, -0.1) is 0 Å². The van der Waals surface area contributed by atoms with Gasteiger partial charge in [0.05, 0.1) is 17.8 Å². The topological polar surface area (TPSA) is 46.0 Å². The van der Waals surface area contributed by atoms with Crippen LogP contribution in [0.5, 0.6) is 0 Å².